The third kappa shape index (κ3) is 13.4. The zero-order chi connectivity index (χ0) is 37.5. The van der Waals surface area contributed by atoms with Crippen LogP contribution in [0, 0.1) is 0 Å². The summed E-state index contributed by atoms with van der Waals surface area (Å²) in [5.74, 6) is -5.04. The minimum absolute atomic E-state index is 0.0188. The average molecular weight is 704 g/mol. The van der Waals surface area contributed by atoms with Crippen molar-refractivity contribution in [3.05, 3.63) is 0 Å². The predicted molar refractivity (Wildman–Crippen MR) is 175 cm³/mol. The highest BCUT2D eigenvalue weighted by atomic mass is 16.7. The summed E-state index contributed by atoms with van der Waals surface area (Å²) in [6, 6.07) is 0. The number of piperidine rings is 2. The highest BCUT2D eigenvalue weighted by molar-refractivity contribution is 5.74. The standard InChI is InChI=1S/C32H57N5O12/c1-29(2)13-22(38)14-30(3,4)36(29)48-27(46)20-33(9-11-34(17-24(40)41)18-25(42)43)10-12-35(19-26(44)45)21-28(47)49-37-31(5,6)15-23(39)16-32(37,7)8/h22-23,38-39H,9-21H2,1-8H3,(H,40,41)(H,42,43)(H,44,45). The van der Waals surface area contributed by atoms with Crippen molar-refractivity contribution in [3.8, 4) is 0 Å². The summed E-state index contributed by atoms with van der Waals surface area (Å²) in [7, 11) is 0. The zero-order valence-electron chi connectivity index (χ0n) is 30.2. The smallest absolute Gasteiger partial charge is 0.339 e. The molecule has 0 atom stereocenters. The lowest BCUT2D eigenvalue weighted by molar-refractivity contribution is -0.276. The quantitative estimate of drug-likeness (QED) is 0.128. The Morgan fingerprint density at radius 1 is 0.510 bits per heavy atom. The van der Waals surface area contributed by atoms with Crippen LogP contribution in [0.5, 0.6) is 0 Å². The summed E-state index contributed by atoms with van der Waals surface area (Å²) in [6.45, 7) is 12.3. The molecule has 0 spiro atoms. The first-order valence-electron chi connectivity index (χ1n) is 16.5. The Hall–Kier alpha value is -2.93. The van der Waals surface area contributed by atoms with Crippen molar-refractivity contribution in [1.29, 1.82) is 0 Å². The molecule has 2 saturated heterocycles. The second-order valence-electron chi connectivity index (χ2n) is 15.8. The minimum Gasteiger partial charge on any atom is -0.480 e. The number of carbonyl (C=O) groups excluding carboxylic acids is 2. The average Bonchev–Trinajstić information content (AvgIpc) is 2.87. The van der Waals surface area contributed by atoms with Crippen LogP contribution in [0.1, 0.15) is 81.1 Å². The molecule has 2 aliphatic rings. The number of aliphatic carboxylic acids is 3. The Morgan fingerprint density at radius 3 is 1.04 bits per heavy atom. The molecule has 0 aromatic rings. The first-order valence-corrected chi connectivity index (χ1v) is 16.5. The fourth-order valence-corrected chi connectivity index (χ4v) is 7.38. The Labute approximate surface area is 288 Å². The van der Waals surface area contributed by atoms with Gasteiger partial charge in [0, 0.05) is 26.2 Å². The summed E-state index contributed by atoms with van der Waals surface area (Å²) < 4.78 is 0. The monoisotopic (exact) mass is 703 g/mol. The Balaban J connectivity index is 2.23. The lowest BCUT2D eigenvalue weighted by Crippen LogP contribution is -2.62. The van der Waals surface area contributed by atoms with Crippen molar-refractivity contribution in [2.75, 3.05) is 58.9 Å². The van der Waals surface area contributed by atoms with Gasteiger partial charge in [0.15, 0.2) is 0 Å². The summed E-state index contributed by atoms with van der Waals surface area (Å²) in [5, 5.41) is 52.0. The van der Waals surface area contributed by atoms with Crippen LogP contribution in [-0.2, 0) is 33.6 Å². The number of hydrogen-bond acceptors (Lipinski definition) is 14. The van der Waals surface area contributed by atoms with Crippen molar-refractivity contribution in [1.82, 2.24) is 24.8 Å². The third-order valence-corrected chi connectivity index (χ3v) is 8.77. The number of carboxylic acids is 3. The van der Waals surface area contributed by atoms with E-state index in [4.69, 9.17) is 9.68 Å². The van der Waals surface area contributed by atoms with Gasteiger partial charge in [0.1, 0.15) is 0 Å². The van der Waals surface area contributed by atoms with E-state index in [2.05, 4.69) is 0 Å². The van der Waals surface area contributed by atoms with E-state index in [1.807, 2.05) is 55.4 Å². The summed E-state index contributed by atoms with van der Waals surface area (Å²) in [6.07, 6.45) is 0.276. The van der Waals surface area contributed by atoms with Crippen LogP contribution in [0.2, 0.25) is 0 Å². The zero-order valence-corrected chi connectivity index (χ0v) is 30.2. The van der Waals surface area contributed by atoms with Crippen LogP contribution in [0.15, 0.2) is 0 Å². The van der Waals surface area contributed by atoms with Gasteiger partial charge in [-0.3, -0.25) is 29.1 Å². The predicted octanol–water partition coefficient (Wildman–Crippen LogP) is 0.0904. The number of carboxylic acid groups (broad SMARTS) is 3. The molecule has 2 fully saturated rings. The number of aliphatic hydroxyl groups excluding tert-OH is 2. The molecule has 0 saturated carbocycles. The van der Waals surface area contributed by atoms with Crippen LogP contribution >= 0.6 is 0 Å². The van der Waals surface area contributed by atoms with Crippen molar-refractivity contribution in [3.63, 3.8) is 0 Å². The van der Waals surface area contributed by atoms with Crippen LogP contribution in [0.4, 0.5) is 0 Å². The van der Waals surface area contributed by atoms with E-state index in [0.717, 1.165) is 0 Å². The maximum absolute atomic E-state index is 13.4. The fraction of sp³-hybridized carbons (Fsp3) is 0.844. The van der Waals surface area contributed by atoms with E-state index in [1.165, 1.54) is 9.80 Å². The van der Waals surface area contributed by atoms with Gasteiger partial charge in [-0.2, -0.15) is 0 Å². The molecule has 49 heavy (non-hydrogen) atoms. The van der Waals surface area contributed by atoms with Gasteiger partial charge in [0.05, 0.1) is 67.1 Å². The molecule has 17 nitrogen and oxygen atoms in total. The van der Waals surface area contributed by atoms with Gasteiger partial charge in [-0.1, -0.05) is 0 Å². The van der Waals surface area contributed by atoms with Crippen LogP contribution in [0.25, 0.3) is 0 Å². The van der Waals surface area contributed by atoms with Gasteiger partial charge in [0.25, 0.3) is 0 Å². The molecule has 0 unspecified atom stereocenters. The number of hydroxylamine groups is 4. The van der Waals surface area contributed by atoms with E-state index in [1.54, 1.807) is 15.0 Å². The summed E-state index contributed by atoms with van der Waals surface area (Å²) in [4.78, 5) is 76.8. The molecular formula is C32H57N5O12. The number of hydrogen-bond donors (Lipinski definition) is 5. The molecular weight excluding hydrogens is 646 g/mol. The molecule has 2 rings (SSSR count). The SMILES string of the molecule is CC1(C)CC(O)CC(C)(C)N1OC(=O)CN(CCN(CC(=O)O)CC(=O)O)CCN(CC(=O)O)CC(=O)ON1C(C)(C)CC(O)CC1(C)C. The second-order valence-corrected chi connectivity index (χ2v) is 15.8. The number of rotatable bonds is 18. The fourth-order valence-electron chi connectivity index (χ4n) is 7.38. The van der Waals surface area contributed by atoms with Gasteiger partial charge in [-0.25, -0.2) is 9.59 Å². The molecule has 0 aliphatic carbocycles. The van der Waals surface area contributed by atoms with Crippen molar-refractivity contribution >= 4 is 29.8 Å². The lowest BCUT2D eigenvalue weighted by atomic mass is 9.80. The molecule has 2 heterocycles. The van der Waals surface area contributed by atoms with E-state index in [9.17, 15) is 49.5 Å². The molecule has 0 amide bonds. The highest BCUT2D eigenvalue weighted by Gasteiger charge is 2.49. The normalized spacial score (nSPS) is 21.2. The van der Waals surface area contributed by atoms with Gasteiger partial charge >= 0.3 is 29.8 Å². The van der Waals surface area contributed by atoms with E-state index in [0.29, 0.717) is 25.7 Å². The van der Waals surface area contributed by atoms with E-state index in [-0.39, 0.29) is 32.7 Å². The van der Waals surface area contributed by atoms with Crippen molar-refractivity contribution in [2.24, 2.45) is 0 Å². The van der Waals surface area contributed by atoms with Crippen LogP contribution in [0.3, 0.4) is 0 Å². The van der Waals surface area contributed by atoms with E-state index < -0.39 is 90.4 Å². The van der Waals surface area contributed by atoms with E-state index >= 15 is 0 Å². The van der Waals surface area contributed by atoms with Gasteiger partial charge in [0.2, 0.25) is 0 Å². The maximum atomic E-state index is 13.4. The number of nitrogens with zero attached hydrogens (tertiary/aromatic N) is 5. The molecule has 0 aromatic heterocycles. The van der Waals surface area contributed by atoms with Crippen LogP contribution < -0.4 is 0 Å². The lowest BCUT2D eigenvalue weighted by Gasteiger charge is -2.51. The number of carbonyl (C=O) groups is 5. The first-order chi connectivity index (χ1) is 22.3. The van der Waals surface area contributed by atoms with Crippen molar-refractivity contribution < 1.29 is 59.2 Å². The molecule has 17 heteroatoms. The molecule has 2 aliphatic heterocycles. The molecule has 5 N–H and O–H groups in total. The first kappa shape index (κ1) is 42.2. The summed E-state index contributed by atoms with van der Waals surface area (Å²) in [5.41, 5.74) is -2.79. The molecule has 0 aromatic carbocycles. The summed E-state index contributed by atoms with van der Waals surface area (Å²) >= 11 is 0. The highest BCUT2D eigenvalue weighted by Crippen LogP contribution is 2.39. The van der Waals surface area contributed by atoms with Crippen LogP contribution in [-0.4, -0.2) is 173 Å². The topological polar surface area (TPSA) is 221 Å². The molecule has 0 bridgehead atoms. The maximum Gasteiger partial charge on any atom is 0.339 e. The van der Waals surface area contributed by atoms with Crippen molar-refractivity contribution in [2.45, 2.75) is 115 Å². The largest absolute Gasteiger partial charge is 0.480 e. The Bertz CT molecular complexity index is 1140. The molecule has 282 valence electrons. The number of aliphatic hydroxyl groups is 2. The Kier molecular flexibility index (Phi) is 14.5. The minimum atomic E-state index is -1.23. The third-order valence-electron chi connectivity index (χ3n) is 8.77. The van der Waals surface area contributed by atoms with Gasteiger partial charge < -0.3 is 35.2 Å². The second kappa shape index (κ2) is 16.9. The molecule has 0 radical (unpaired) electrons. The van der Waals surface area contributed by atoms with Gasteiger partial charge in [-0.05, 0) is 81.1 Å². The Morgan fingerprint density at radius 2 is 0.755 bits per heavy atom. The van der Waals surface area contributed by atoms with Gasteiger partial charge in [-0.15, -0.1) is 10.1 Å².